The average molecular weight is 771 g/mol. The zero-order valence-corrected chi connectivity index (χ0v) is 33.0. The van der Waals surface area contributed by atoms with E-state index in [-0.39, 0.29) is 19.3 Å². The lowest BCUT2D eigenvalue weighted by Crippen LogP contribution is -2.61. The van der Waals surface area contributed by atoms with Crippen molar-refractivity contribution in [2.24, 2.45) is 0 Å². The van der Waals surface area contributed by atoms with Crippen molar-refractivity contribution < 1.29 is 43.0 Å². The van der Waals surface area contributed by atoms with Crippen molar-refractivity contribution in [3.05, 3.63) is 83.4 Å². The van der Waals surface area contributed by atoms with Crippen molar-refractivity contribution in [3.63, 3.8) is 0 Å². The molecular formula is C41H50N6O9. The third kappa shape index (κ3) is 9.21. The molecule has 6 bridgehead atoms. The lowest BCUT2D eigenvalue weighted by Gasteiger charge is -2.36. The highest BCUT2D eigenvalue weighted by atomic mass is 16.5. The van der Waals surface area contributed by atoms with E-state index >= 15 is 0 Å². The number of likely N-dealkylation sites (N-methyl/N-ethyl adjacent to an activating group) is 3. The molecule has 15 heteroatoms. The first-order valence-corrected chi connectivity index (χ1v) is 18.4. The van der Waals surface area contributed by atoms with Crippen LogP contribution in [-0.4, -0.2) is 122 Å². The molecule has 0 radical (unpaired) electrons. The highest BCUT2D eigenvalue weighted by Gasteiger charge is 2.39. The number of rotatable bonds is 4. The zero-order chi connectivity index (χ0) is 40.8. The van der Waals surface area contributed by atoms with Crippen molar-refractivity contribution in [1.29, 1.82) is 0 Å². The van der Waals surface area contributed by atoms with Crippen LogP contribution in [0.3, 0.4) is 0 Å². The van der Waals surface area contributed by atoms with E-state index in [1.165, 1.54) is 70.8 Å². The SMILES string of the molecule is COc1ccc(C[C@H]2C(=O)N[C@H](C)C(=O)N(C)[C@H]3Cc4cccc(c4)Oc4cc(ccc4OC)C[C@@H](C(=O)N[C@H](C)C(=O)N[C@@H](C)C(=O)N2C)N(C)C3=O)cc1. The summed E-state index contributed by atoms with van der Waals surface area (Å²) in [5.41, 5.74) is 1.99. The summed E-state index contributed by atoms with van der Waals surface area (Å²) in [7, 11) is 7.44. The van der Waals surface area contributed by atoms with Crippen LogP contribution in [-0.2, 0) is 48.0 Å². The molecule has 6 atom stereocenters. The minimum atomic E-state index is -1.16. The van der Waals surface area contributed by atoms with Crippen molar-refractivity contribution in [2.75, 3.05) is 35.4 Å². The lowest BCUT2D eigenvalue weighted by molar-refractivity contribution is -0.149. The first kappa shape index (κ1) is 41.1. The van der Waals surface area contributed by atoms with Gasteiger partial charge >= 0.3 is 0 Å². The van der Waals surface area contributed by atoms with Gasteiger partial charge < -0.3 is 44.9 Å². The van der Waals surface area contributed by atoms with Gasteiger partial charge in [0.1, 0.15) is 47.8 Å². The average Bonchev–Trinajstić information content (AvgIpc) is 3.19. The highest BCUT2D eigenvalue weighted by Crippen LogP contribution is 2.34. The second kappa shape index (κ2) is 17.6. The second-order valence-corrected chi connectivity index (χ2v) is 14.3. The number of nitrogens with one attached hydrogen (secondary N) is 3. The first-order chi connectivity index (χ1) is 26.6. The molecule has 1 fully saturated rings. The number of benzene rings is 3. The number of ether oxygens (including phenoxy) is 3. The van der Waals surface area contributed by atoms with Crippen molar-refractivity contribution >= 4 is 35.4 Å². The van der Waals surface area contributed by atoms with E-state index in [1.54, 1.807) is 66.7 Å². The number of fused-ring (bicyclic) bond motifs is 7. The predicted molar refractivity (Wildman–Crippen MR) is 206 cm³/mol. The number of amides is 6. The molecule has 2 aliphatic rings. The molecule has 0 spiro atoms. The Morgan fingerprint density at radius 3 is 1.88 bits per heavy atom. The maximum atomic E-state index is 14.7. The van der Waals surface area contributed by atoms with Crippen LogP contribution in [0.25, 0.3) is 0 Å². The normalized spacial score (nSPS) is 24.3. The molecule has 3 aromatic carbocycles. The quantitative estimate of drug-likeness (QED) is 0.358. The number of methoxy groups -OCH3 is 2. The second-order valence-electron chi connectivity index (χ2n) is 14.3. The molecule has 3 N–H and O–H groups in total. The molecule has 56 heavy (non-hydrogen) atoms. The molecule has 3 aromatic rings. The molecule has 15 nitrogen and oxygen atoms in total. The fourth-order valence-electron chi connectivity index (χ4n) is 6.88. The standard InChI is InChI=1S/C41H50N6O9/c1-23-36(48)43-24(2)39(51)45(4)31(19-26-12-15-29(54-7)16-13-26)38(50)44-25(3)40(52)47(6)33-21-27-10-9-11-30(18-27)56-35-22-28(14-17-34(35)55-8)20-32(37(49)42-23)46(5)41(33)53/h9-18,22-25,31-33H,19-21H2,1-8H3,(H,42,49)(H,43,48)(H,44,50)/t23-,24+,25-,31+,32+,33+/m1/s1. The Kier molecular flexibility index (Phi) is 12.9. The molecule has 1 saturated heterocycles. The first-order valence-electron chi connectivity index (χ1n) is 18.4. The van der Waals surface area contributed by atoms with E-state index in [2.05, 4.69) is 16.0 Å². The van der Waals surface area contributed by atoms with E-state index in [9.17, 15) is 28.8 Å². The molecule has 2 aliphatic heterocycles. The summed E-state index contributed by atoms with van der Waals surface area (Å²) in [6, 6.07) is 12.5. The molecule has 5 rings (SSSR count). The van der Waals surface area contributed by atoms with E-state index in [4.69, 9.17) is 14.2 Å². The topological polar surface area (TPSA) is 176 Å². The minimum absolute atomic E-state index is 0.00641. The Morgan fingerprint density at radius 1 is 0.625 bits per heavy atom. The van der Waals surface area contributed by atoms with Crippen LogP contribution < -0.4 is 30.2 Å². The summed E-state index contributed by atoms with van der Waals surface area (Å²) in [6.45, 7) is 4.45. The van der Waals surface area contributed by atoms with E-state index in [1.807, 2.05) is 0 Å². The minimum Gasteiger partial charge on any atom is -0.497 e. The maximum Gasteiger partial charge on any atom is 0.246 e. The van der Waals surface area contributed by atoms with Gasteiger partial charge in [-0.05, 0) is 73.9 Å². The van der Waals surface area contributed by atoms with E-state index in [0.717, 1.165) is 0 Å². The van der Waals surface area contributed by atoms with E-state index in [0.29, 0.717) is 39.7 Å². The van der Waals surface area contributed by atoms with Crippen LogP contribution in [0.1, 0.15) is 37.5 Å². The smallest absolute Gasteiger partial charge is 0.246 e. The molecule has 298 valence electrons. The van der Waals surface area contributed by atoms with Gasteiger partial charge in [-0.15, -0.1) is 0 Å². The monoisotopic (exact) mass is 770 g/mol. The molecule has 0 aliphatic carbocycles. The van der Waals surface area contributed by atoms with Gasteiger partial charge in [0.2, 0.25) is 35.4 Å². The van der Waals surface area contributed by atoms with Crippen LogP contribution in [0.2, 0.25) is 0 Å². The largest absolute Gasteiger partial charge is 0.497 e. The Bertz CT molecular complexity index is 1970. The summed E-state index contributed by atoms with van der Waals surface area (Å²) in [4.78, 5) is 88.2. The Labute approximate surface area is 326 Å². The fraction of sp³-hybridized carbons (Fsp3) is 0.415. The van der Waals surface area contributed by atoms with Crippen LogP contribution >= 0.6 is 0 Å². The molecule has 0 unspecified atom stereocenters. The van der Waals surface area contributed by atoms with Gasteiger partial charge in [-0.3, -0.25) is 28.8 Å². The zero-order valence-electron chi connectivity index (χ0n) is 33.0. The van der Waals surface area contributed by atoms with Crippen molar-refractivity contribution in [3.8, 4) is 23.0 Å². The summed E-state index contributed by atoms with van der Waals surface area (Å²) >= 11 is 0. The Morgan fingerprint density at radius 2 is 1.21 bits per heavy atom. The van der Waals surface area contributed by atoms with Gasteiger partial charge in [-0.2, -0.15) is 0 Å². The van der Waals surface area contributed by atoms with Crippen LogP contribution in [0.5, 0.6) is 23.0 Å². The third-order valence-corrected chi connectivity index (χ3v) is 10.3. The molecule has 2 heterocycles. The number of hydrogen-bond acceptors (Lipinski definition) is 9. The maximum absolute atomic E-state index is 14.7. The summed E-state index contributed by atoms with van der Waals surface area (Å²) in [6.07, 6.45) is 0.106. The third-order valence-electron chi connectivity index (χ3n) is 10.3. The summed E-state index contributed by atoms with van der Waals surface area (Å²) < 4.78 is 17.1. The fourth-order valence-corrected chi connectivity index (χ4v) is 6.88. The number of carbonyl (C=O) groups excluding carboxylic acids is 6. The van der Waals surface area contributed by atoms with Crippen LogP contribution in [0, 0.1) is 0 Å². The predicted octanol–water partition coefficient (Wildman–Crippen LogP) is 1.85. The van der Waals surface area contributed by atoms with Crippen molar-refractivity contribution in [2.45, 2.75) is 76.3 Å². The molecular weight excluding hydrogens is 720 g/mol. The van der Waals surface area contributed by atoms with Gasteiger partial charge in [0.25, 0.3) is 0 Å². The Balaban J connectivity index is 1.58. The lowest BCUT2D eigenvalue weighted by atomic mass is 9.99. The summed E-state index contributed by atoms with van der Waals surface area (Å²) in [5.74, 6) is -1.71. The number of nitrogens with zero attached hydrogens (tertiary/aromatic N) is 3. The van der Waals surface area contributed by atoms with Gasteiger partial charge in [0.05, 0.1) is 14.2 Å². The summed E-state index contributed by atoms with van der Waals surface area (Å²) in [5, 5.41) is 8.14. The Hall–Kier alpha value is -6.12. The van der Waals surface area contributed by atoms with Gasteiger partial charge in [-0.25, -0.2) is 0 Å². The van der Waals surface area contributed by atoms with Gasteiger partial charge in [0, 0.05) is 40.4 Å². The van der Waals surface area contributed by atoms with Crippen LogP contribution in [0.15, 0.2) is 66.7 Å². The number of carbonyl (C=O) groups is 6. The highest BCUT2D eigenvalue weighted by molar-refractivity contribution is 5.98. The van der Waals surface area contributed by atoms with E-state index < -0.39 is 71.7 Å². The van der Waals surface area contributed by atoms with Crippen LogP contribution in [0.4, 0.5) is 0 Å². The molecule has 6 amide bonds. The van der Waals surface area contributed by atoms with Gasteiger partial charge in [-0.1, -0.05) is 30.3 Å². The van der Waals surface area contributed by atoms with Crippen molar-refractivity contribution in [1.82, 2.24) is 30.7 Å². The van der Waals surface area contributed by atoms with Gasteiger partial charge in [0.15, 0.2) is 11.5 Å². The molecule has 0 aromatic heterocycles. The molecule has 0 saturated carbocycles. The number of hydrogen-bond donors (Lipinski definition) is 3.